The Morgan fingerprint density at radius 1 is 1.33 bits per heavy atom. The van der Waals surface area contributed by atoms with Gasteiger partial charge in [-0.15, -0.1) is 0 Å². The highest BCUT2D eigenvalue weighted by Crippen LogP contribution is 2.40. The number of fused-ring (bicyclic) bond motifs is 2. The summed E-state index contributed by atoms with van der Waals surface area (Å²) in [5, 5.41) is 11.3. The molecular weight excluding hydrogens is 246 g/mol. The topological polar surface area (TPSA) is 23.5 Å². The van der Waals surface area contributed by atoms with Gasteiger partial charge >= 0.3 is 0 Å². The Morgan fingerprint density at radius 2 is 2.06 bits per heavy atom. The van der Waals surface area contributed by atoms with Gasteiger partial charge in [-0.3, -0.25) is 4.90 Å². The van der Waals surface area contributed by atoms with Crippen LogP contribution in [-0.2, 0) is 0 Å². The molecule has 2 heterocycles. The molecule has 0 saturated carbocycles. The highest BCUT2D eigenvalue weighted by atomic mass is 35.5. The third kappa shape index (κ3) is 2.09. The molecule has 18 heavy (non-hydrogen) atoms. The van der Waals surface area contributed by atoms with E-state index in [-0.39, 0.29) is 5.92 Å². The predicted molar refractivity (Wildman–Crippen MR) is 74.6 cm³/mol. The minimum atomic E-state index is -0.595. The molecule has 1 N–H and O–H groups in total. The molecule has 2 nitrogen and oxygen atoms in total. The van der Waals surface area contributed by atoms with Crippen LogP contribution in [0.5, 0.6) is 0 Å². The number of aliphatic hydroxyl groups is 1. The van der Waals surface area contributed by atoms with Gasteiger partial charge in [0, 0.05) is 30.6 Å². The molecule has 0 radical (unpaired) electrons. The fourth-order valence-electron chi connectivity index (χ4n) is 3.04. The lowest BCUT2D eigenvalue weighted by atomic mass is 9.74. The molecule has 2 bridgehead atoms. The highest BCUT2D eigenvalue weighted by molar-refractivity contribution is 6.30. The van der Waals surface area contributed by atoms with Crippen LogP contribution in [0.1, 0.15) is 18.9 Å². The van der Waals surface area contributed by atoms with E-state index in [0.717, 1.165) is 31.1 Å². The lowest BCUT2D eigenvalue weighted by Gasteiger charge is -2.46. The van der Waals surface area contributed by atoms with Crippen LogP contribution in [0.25, 0.3) is 5.57 Å². The minimum Gasteiger partial charge on any atom is -0.389 e. The van der Waals surface area contributed by atoms with E-state index in [0.29, 0.717) is 0 Å². The second-order valence-corrected chi connectivity index (χ2v) is 6.02. The first-order valence-corrected chi connectivity index (χ1v) is 6.85. The molecule has 2 aliphatic heterocycles. The molecular formula is C15H18ClNO. The van der Waals surface area contributed by atoms with E-state index in [1.807, 2.05) is 19.1 Å². The first-order chi connectivity index (χ1) is 8.56. The predicted octanol–water partition coefficient (Wildman–Crippen LogP) is 2.81. The van der Waals surface area contributed by atoms with Gasteiger partial charge in [0.15, 0.2) is 0 Å². The molecule has 1 unspecified atom stereocenters. The Kier molecular flexibility index (Phi) is 2.97. The second-order valence-electron chi connectivity index (χ2n) is 5.59. The number of hydrogen-bond acceptors (Lipinski definition) is 2. The van der Waals surface area contributed by atoms with Gasteiger partial charge in [0.05, 0.1) is 5.60 Å². The fourth-order valence-corrected chi connectivity index (χ4v) is 3.16. The van der Waals surface area contributed by atoms with E-state index in [2.05, 4.69) is 23.1 Å². The van der Waals surface area contributed by atoms with E-state index in [9.17, 15) is 5.11 Å². The highest BCUT2D eigenvalue weighted by Gasteiger charge is 2.41. The molecule has 3 heteroatoms. The van der Waals surface area contributed by atoms with E-state index in [1.54, 1.807) is 0 Å². The number of nitrogens with zero attached hydrogens (tertiary/aromatic N) is 1. The lowest BCUT2D eigenvalue weighted by molar-refractivity contribution is -0.0366. The van der Waals surface area contributed by atoms with E-state index >= 15 is 0 Å². The van der Waals surface area contributed by atoms with Crippen LogP contribution < -0.4 is 0 Å². The summed E-state index contributed by atoms with van der Waals surface area (Å²) in [6.07, 6.45) is 3.10. The van der Waals surface area contributed by atoms with Gasteiger partial charge in [-0.25, -0.2) is 0 Å². The smallest absolute Gasteiger partial charge is 0.0712 e. The molecule has 1 aromatic carbocycles. The van der Waals surface area contributed by atoms with Crippen LogP contribution in [0.15, 0.2) is 30.3 Å². The monoisotopic (exact) mass is 263 g/mol. The number of halogens is 1. The second kappa shape index (κ2) is 4.37. The summed E-state index contributed by atoms with van der Waals surface area (Å²) < 4.78 is 0. The van der Waals surface area contributed by atoms with E-state index in [4.69, 9.17) is 11.6 Å². The summed E-state index contributed by atoms with van der Waals surface area (Å²) in [6, 6.07) is 7.94. The normalized spacial score (nSPS) is 35.2. The Labute approximate surface area is 113 Å². The zero-order valence-electron chi connectivity index (χ0n) is 10.6. The van der Waals surface area contributed by atoms with Gasteiger partial charge < -0.3 is 5.11 Å². The van der Waals surface area contributed by atoms with Gasteiger partial charge in [-0.1, -0.05) is 29.8 Å². The van der Waals surface area contributed by atoms with Crippen LogP contribution in [0.4, 0.5) is 0 Å². The molecule has 0 aliphatic carbocycles. The van der Waals surface area contributed by atoms with Crippen molar-refractivity contribution in [3.8, 4) is 0 Å². The van der Waals surface area contributed by atoms with Crippen molar-refractivity contribution in [1.29, 1.82) is 0 Å². The maximum Gasteiger partial charge on any atom is 0.0712 e. The summed E-state index contributed by atoms with van der Waals surface area (Å²) in [6.45, 7) is 4.91. The van der Waals surface area contributed by atoms with Crippen molar-refractivity contribution in [1.82, 2.24) is 4.90 Å². The van der Waals surface area contributed by atoms with E-state index in [1.165, 1.54) is 11.1 Å². The Bertz CT molecular complexity index is 478. The summed E-state index contributed by atoms with van der Waals surface area (Å²) in [4.78, 5) is 2.40. The third-order valence-corrected chi connectivity index (χ3v) is 4.50. The van der Waals surface area contributed by atoms with Crippen molar-refractivity contribution >= 4 is 17.2 Å². The Morgan fingerprint density at radius 3 is 2.78 bits per heavy atom. The largest absolute Gasteiger partial charge is 0.389 e. The molecule has 0 spiro atoms. The molecule has 0 amide bonds. The zero-order chi connectivity index (χ0) is 12.8. The fraction of sp³-hybridized carbons (Fsp3) is 0.467. The Hall–Kier alpha value is -0.830. The number of piperidine rings is 1. The average molecular weight is 264 g/mol. The summed E-state index contributed by atoms with van der Waals surface area (Å²) in [5.41, 5.74) is 1.86. The molecule has 3 rings (SSSR count). The van der Waals surface area contributed by atoms with Crippen molar-refractivity contribution in [2.24, 2.45) is 5.92 Å². The van der Waals surface area contributed by atoms with Crippen molar-refractivity contribution in [3.05, 3.63) is 40.9 Å². The van der Waals surface area contributed by atoms with E-state index < -0.39 is 5.60 Å². The van der Waals surface area contributed by atoms with Gasteiger partial charge in [0.25, 0.3) is 0 Å². The quantitative estimate of drug-likeness (QED) is 0.842. The first kappa shape index (κ1) is 12.2. The summed E-state index contributed by atoms with van der Waals surface area (Å²) in [5.74, 6) is 0.209. The molecule has 1 aromatic rings. The molecule has 3 atom stereocenters. The first-order valence-electron chi connectivity index (χ1n) is 6.47. The van der Waals surface area contributed by atoms with Crippen LogP contribution in [0.2, 0.25) is 5.02 Å². The van der Waals surface area contributed by atoms with Crippen LogP contribution in [0, 0.1) is 5.92 Å². The maximum atomic E-state index is 10.6. The summed E-state index contributed by atoms with van der Waals surface area (Å²) in [7, 11) is 0. The lowest BCUT2D eigenvalue weighted by Crippen LogP contribution is -2.52. The standard InChI is InChI=1S/C15H18ClNO/c1-15(18)7-9-17-8-6-13(14(15)10-17)11-2-4-12(16)5-3-11/h2-6,14,18H,7-10H2,1H3/t14-,15+/m1/s1. The van der Waals surface area contributed by atoms with Crippen molar-refractivity contribution < 1.29 is 5.11 Å². The molecule has 0 aromatic heterocycles. The zero-order valence-corrected chi connectivity index (χ0v) is 11.3. The van der Waals surface area contributed by atoms with Crippen LogP contribution in [-0.4, -0.2) is 35.2 Å². The molecule has 1 saturated heterocycles. The van der Waals surface area contributed by atoms with Gasteiger partial charge in [-0.05, 0) is 36.6 Å². The third-order valence-electron chi connectivity index (χ3n) is 4.25. The maximum absolute atomic E-state index is 10.6. The molecule has 96 valence electrons. The van der Waals surface area contributed by atoms with Crippen molar-refractivity contribution in [3.63, 3.8) is 0 Å². The van der Waals surface area contributed by atoms with Crippen molar-refractivity contribution in [2.45, 2.75) is 18.9 Å². The van der Waals surface area contributed by atoms with Gasteiger partial charge in [-0.2, -0.15) is 0 Å². The summed E-state index contributed by atoms with van der Waals surface area (Å²) >= 11 is 5.93. The molecule has 2 aliphatic rings. The number of hydrogen-bond donors (Lipinski definition) is 1. The minimum absolute atomic E-state index is 0.209. The van der Waals surface area contributed by atoms with Crippen LogP contribution in [0.3, 0.4) is 0 Å². The number of benzene rings is 1. The van der Waals surface area contributed by atoms with Crippen LogP contribution >= 0.6 is 11.6 Å². The Balaban J connectivity index is 1.98. The van der Waals surface area contributed by atoms with Gasteiger partial charge in [0.1, 0.15) is 0 Å². The van der Waals surface area contributed by atoms with Crippen molar-refractivity contribution in [2.75, 3.05) is 19.6 Å². The van der Waals surface area contributed by atoms with Gasteiger partial charge in [0.2, 0.25) is 0 Å². The molecule has 1 fully saturated rings. The average Bonchev–Trinajstić information content (AvgIpc) is 2.36. The number of rotatable bonds is 1. The SMILES string of the molecule is C[C@]1(O)CCN2CC=C(c3ccc(Cl)cc3)[C@H]1C2.